The first kappa shape index (κ1) is 18.7. The highest BCUT2D eigenvalue weighted by Gasteiger charge is 2.29. The van der Waals surface area contributed by atoms with Gasteiger partial charge in [0.15, 0.2) is 12.4 Å². The van der Waals surface area contributed by atoms with Crippen LogP contribution in [-0.4, -0.2) is 44.1 Å². The summed E-state index contributed by atoms with van der Waals surface area (Å²) in [7, 11) is 1.88. The highest BCUT2D eigenvalue weighted by molar-refractivity contribution is 6.33. The molecule has 1 heterocycles. The molecule has 6 nitrogen and oxygen atoms in total. The van der Waals surface area contributed by atoms with E-state index in [2.05, 4.69) is 11.2 Å². The number of aryl methyl sites for hydroxylation is 2. The SMILES string of the molecule is Bc1ccc(OCC(=O)O)c(C(=O)C2C=NN(c3ccc(C)cc3C)C2)c1. The average molecular weight is 364 g/mol. The van der Waals surface area contributed by atoms with Gasteiger partial charge in [-0.25, -0.2) is 4.79 Å². The number of aliphatic carboxylic acids is 1. The first-order chi connectivity index (χ1) is 12.8. The Balaban J connectivity index is 1.80. The molecule has 0 amide bonds. The van der Waals surface area contributed by atoms with Crippen LogP contribution in [-0.2, 0) is 4.79 Å². The molecule has 7 heteroatoms. The van der Waals surface area contributed by atoms with Gasteiger partial charge in [0.05, 0.1) is 23.7 Å². The molecule has 0 saturated heterocycles. The van der Waals surface area contributed by atoms with Crippen LogP contribution in [0.3, 0.4) is 0 Å². The van der Waals surface area contributed by atoms with Crippen molar-refractivity contribution in [2.75, 3.05) is 18.2 Å². The van der Waals surface area contributed by atoms with Gasteiger partial charge in [-0.1, -0.05) is 35.3 Å². The van der Waals surface area contributed by atoms with E-state index in [-0.39, 0.29) is 11.5 Å². The number of carbonyl (C=O) groups is 2. The molecule has 1 aliphatic rings. The second-order valence-electron chi connectivity index (χ2n) is 6.79. The molecule has 1 unspecified atom stereocenters. The van der Waals surface area contributed by atoms with Crippen molar-refractivity contribution in [2.45, 2.75) is 13.8 Å². The number of hydrogen-bond donors (Lipinski definition) is 1. The molecule has 1 aliphatic heterocycles. The number of rotatable bonds is 6. The number of nitrogens with zero attached hydrogens (tertiary/aromatic N) is 2. The first-order valence-corrected chi connectivity index (χ1v) is 8.73. The third kappa shape index (κ3) is 4.19. The number of carboxylic acids is 1. The molecule has 0 bridgehead atoms. The highest BCUT2D eigenvalue weighted by atomic mass is 16.5. The predicted octanol–water partition coefficient (Wildman–Crippen LogP) is 1.33. The van der Waals surface area contributed by atoms with Crippen LogP contribution < -0.4 is 15.2 Å². The summed E-state index contributed by atoms with van der Waals surface area (Å²) < 4.78 is 5.30. The topological polar surface area (TPSA) is 79.2 Å². The van der Waals surface area contributed by atoms with Gasteiger partial charge >= 0.3 is 5.97 Å². The van der Waals surface area contributed by atoms with Crippen LogP contribution >= 0.6 is 0 Å². The number of carboxylic acid groups (broad SMARTS) is 1. The fourth-order valence-electron chi connectivity index (χ4n) is 3.15. The lowest BCUT2D eigenvalue weighted by molar-refractivity contribution is -0.139. The smallest absolute Gasteiger partial charge is 0.341 e. The van der Waals surface area contributed by atoms with Gasteiger partial charge in [0.1, 0.15) is 13.6 Å². The molecule has 27 heavy (non-hydrogen) atoms. The monoisotopic (exact) mass is 364 g/mol. The van der Waals surface area contributed by atoms with Crippen molar-refractivity contribution in [3.8, 4) is 5.75 Å². The van der Waals surface area contributed by atoms with Crippen LogP contribution in [0.25, 0.3) is 0 Å². The molecule has 0 saturated carbocycles. The minimum Gasteiger partial charge on any atom is -0.481 e. The van der Waals surface area contributed by atoms with Gasteiger partial charge in [-0.05, 0) is 31.5 Å². The van der Waals surface area contributed by atoms with E-state index in [4.69, 9.17) is 9.84 Å². The van der Waals surface area contributed by atoms with Gasteiger partial charge in [0.25, 0.3) is 0 Å². The molecular weight excluding hydrogens is 343 g/mol. The minimum atomic E-state index is -1.09. The van der Waals surface area contributed by atoms with E-state index in [0.717, 1.165) is 16.7 Å². The Labute approximate surface area is 158 Å². The number of hydrazone groups is 1. The van der Waals surface area contributed by atoms with Crippen molar-refractivity contribution >= 4 is 37.0 Å². The van der Waals surface area contributed by atoms with Crippen LogP contribution in [0.5, 0.6) is 5.75 Å². The number of ketones is 1. The third-order valence-corrected chi connectivity index (χ3v) is 4.47. The standard InChI is InChI=1S/C20H21BN2O4/c1-12-3-5-17(13(2)7-12)23-10-14(9-22-23)20(26)16-8-15(21)4-6-18(16)27-11-19(24)25/h3-9,14H,10-11,21H2,1-2H3,(H,24,25). The highest BCUT2D eigenvalue weighted by Crippen LogP contribution is 2.27. The largest absolute Gasteiger partial charge is 0.481 e. The number of hydrogen-bond acceptors (Lipinski definition) is 5. The van der Waals surface area contributed by atoms with Gasteiger partial charge < -0.3 is 9.84 Å². The quantitative estimate of drug-likeness (QED) is 0.618. The fourth-order valence-corrected chi connectivity index (χ4v) is 3.15. The lowest BCUT2D eigenvalue weighted by Gasteiger charge is -2.19. The molecule has 1 N–H and O–H groups in total. The number of carbonyl (C=O) groups excluding carboxylic acids is 1. The Morgan fingerprint density at radius 2 is 2.04 bits per heavy atom. The second-order valence-corrected chi connectivity index (χ2v) is 6.79. The van der Waals surface area contributed by atoms with E-state index in [0.29, 0.717) is 12.1 Å². The molecule has 0 radical (unpaired) electrons. The molecular formula is C20H21BN2O4. The summed E-state index contributed by atoms with van der Waals surface area (Å²) in [4.78, 5) is 23.8. The van der Waals surface area contributed by atoms with Crippen LogP contribution in [0.4, 0.5) is 5.69 Å². The van der Waals surface area contributed by atoms with Gasteiger partial charge in [-0.2, -0.15) is 5.10 Å². The number of ether oxygens (including phenoxy) is 1. The van der Waals surface area contributed by atoms with E-state index in [9.17, 15) is 9.59 Å². The minimum absolute atomic E-state index is 0.130. The first-order valence-electron chi connectivity index (χ1n) is 8.73. The van der Waals surface area contributed by atoms with Crippen molar-refractivity contribution in [3.05, 3.63) is 53.1 Å². The average Bonchev–Trinajstić information content (AvgIpc) is 3.09. The lowest BCUT2D eigenvalue weighted by atomic mass is 9.90. The van der Waals surface area contributed by atoms with Crippen molar-refractivity contribution < 1.29 is 19.4 Å². The molecule has 2 aromatic rings. The third-order valence-electron chi connectivity index (χ3n) is 4.47. The van der Waals surface area contributed by atoms with Crippen molar-refractivity contribution in [1.29, 1.82) is 0 Å². The Morgan fingerprint density at radius 3 is 2.74 bits per heavy atom. The van der Waals surface area contributed by atoms with Gasteiger partial charge in [0.2, 0.25) is 0 Å². The molecule has 1 atom stereocenters. The van der Waals surface area contributed by atoms with Crippen LogP contribution in [0.2, 0.25) is 0 Å². The summed E-state index contributed by atoms with van der Waals surface area (Å²) in [6.07, 6.45) is 1.64. The van der Waals surface area contributed by atoms with Crippen molar-refractivity contribution in [3.63, 3.8) is 0 Å². The Morgan fingerprint density at radius 1 is 1.26 bits per heavy atom. The van der Waals surface area contributed by atoms with Gasteiger partial charge in [0, 0.05) is 6.21 Å². The van der Waals surface area contributed by atoms with Crippen molar-refractivity contribution in [1.82, 2.24) is 0 Å². The summed E-state index contributed by atoms with van der Waals surface area (Å²) in [5, 5.41) is 15.1. The molecule has 3 rings (SSSR count). The van der Waals surface area contributed by atoms with E-state index >= 15 is 0 Å². The molecule has 138 valence electrons. The zero-order valence-electron chi connectivity index (χ0n) is 15.6. The predicted molar refractivity (Wildman–Crippen MR) is 107 cm³/mol. The summed E-state index contributed by atoms with van der Waals surface area (Å²) in [6, 6.07) is 11.3. The Kier molecular flexibility index (Phi) is 5.30. The van der Waals surface area contributed by atoms with Gasteiger partial charge in [-0.3, -0.25) is 9.80 Å². The van der Waals surface area contributed by atoms with Crippen LogP contribution in [0, 0.1) is 19.8 Å². The summed E-state index contributed by atoms with van der Waals surface area (Å²) in [5.74, 6) is -1.35. The second kappa shape index (κ2) is 7.66. The van der Waals surface area contributed by atoms with Gasteiger partial charge in [-0.15, -0.1) is 0 Å². The maximum atomic E-state index is 13.0. The number of anilines is 1. The summed E-state index contributed by atoms with van der Waals surface area (Å²) in [6.45, 7) is 4.00. The Hall–Kier alpha value is -3.09. The normalized spacial score (nSPS) is 15.8. The maximum Gasteiger partial charge on any atom is 0.341 e. The molecule has 0 aromatic heterocycles. The van der Waals surface area contributed by atoms with E-state index < -0.39 is 18.5 Å². The summed E-state index contributed by atoms with van der Waals surface area (Å²) >= 11 is 0. The molecule has 2 aromatic carbocycles. The zero-order chi connectivity index (χ0) is 19.6. The molecule has 0 fully saturated rings. The number of benzene rings is 2. The maximum absolute atomic E-state index is 13.0. The van der Waals surface area contributed by atoms with E-state index in [1.165, 1.54) is 5.56 Å². The van der Waals surface area contributed by atoms with E-state index in [1.54, 1.807) is 24.4 Å². The fraction of sp³-hybridized carbons (Fsp3) is 0.250. The molecule has 0 spiro atoms. The lowest BCUT2D eigenvalue weighted by Crippen LogP contribution is -2.26. The van der Waals surface area contributed by atoms with E-state index in [1.807, 2.05) is 38.8 Å². The molecule has 0 aliphatic carbocycles. The van der Waals surface area contributed by atoms with Crippen molar-refractivity contribution in [2.24, 2.45) is 11.0 Å². The summed E-state index contributed by atoms with van der Waals surface area (Å²) in [5.41, 5.74) is 4.53. The zero-order valence-corrected chi connectivity index (χ0v) is 15.6. The number of Topliss-reactive ketones (excluding diaryl/α,β-unsaturated/α-hetero) is 1. The van der Waals surface area contributed by atoms with Crippen LogP contribution in [0.15, 0.2) is 41.5 Å². The Bertz CT molecular complexity index is 926. The van der Waals surface area contributed by atoms with Crippen LogP contribution in [0.1, 0.15) is 21.5 Å².